The van der Waals surface area contributed by atoms with Gasteiger partial charge in [0.1, 0.15) is 5.54 Å². The van der Waals surface area contributed by atoms with E-state index < -0.39 is 5.54 Å². The first-order chi connectivity index (χ1) is 8.92. The number of hydrogen-bond donors (Lipinski definition) is 2. The normalized spacial score (nSPS) is 18.1. The van der Waals surface area contributed by atoms with Gasteiger partial charge in [0.2, 0.25) is 5.91 Å². The quantitative estimate of drug-likeness (QED) is 0.822. The van der Waals surface area contributed by atoms with Crippen LogP contribution in [0.1, 0.15) is 12.8 Å². The second-order valence-corrected chi connectivity index (χ2v) is 5.69. The van der Waals surface area contributed by atoms with Gasteiger partial charge in [-0.3, -0.25) is 4.79 Å². The maximum Gasteiger partial charge on any atom is 0.244 e. The molecule has 7 heteroatoms. The molecular weight excluding hydrogens is 311 g/mol. The molecule has 1 aliphatic rings. The molecule has 1 aliphatic heterocycles. The van der Waals surface area contributed by atoms with Crippen LogP contribution in [0.4, 0.5) is 5.69 Å². The number of halogens is 3. The third-order valence-electron chi connectivity index (χ3n) is 3.10. The second-order valence-electron chi connectivity index (χ2n) is 4.47. The number of hydrogen-bond acceptors (Lipinski definition) is 3. The molecule has 0 aromatic heterocycles. The van der Waals surface area contributed by atoms with Crippen molar-refractivity contribution in [1.29, 1.82) is 0 Å². The van der Waals surface area contributed by atoms with Gasteiger partial charge in [-0.15, -0.1) is 0 Å². The Morgan fingerprint density at radius 3 is 2.37 bits per heavy atom. The molecule has 1 aromatic rings. The summed E-state index contributed by atoms with van der Waals surface area (Å²) in [5.74, 6) is -0.295. The van der Waals surface area contributed by atoms with E-state index in [9.17, 15) is 4.79 Å². The van der Waals surface area contributed by atoms with Crippen molar-refractivity contribution in [3.8, 4) is 0 Å². The molecule has 1 aromatic carbocycles. The van der Waals surface area contributed by atoms with Gasteiger partial charge in [-0.1, -0.05) is 34.8 Å². The largest absolute Gasteiger partial charge is 0.381 e. The van der Waals surface area contributed by atoms with E-state index in [1.54, 1.807) is 0 Å². The number of anilines is 1. The summed E-state index contributed by atoms with van der Waals surface area (Å²) in [4.78, 5) is 12.2. The zero-order chi connectivity index (χ0) is 14.0. The molecule has 1 fully saturated rings. The smallest absolute Gasteiger partial charge is 0.244 e. The molecule has 2 rings (SSSR count). The van der Waals surface area contributed by atoms with Crippen LogP contribution in [0.15, 0.2) is 12.1 Å². The van der Waals surface area contributed by atoms with Crippen molar-refractivity contribution in [3.63, 3.8) is 0 Å². The Labute approximate surface area is 126 Å². The number of ether oxygens (including phenoxy) is 1. The van der Waals surface area contributed by atoms with Crippen molar-refractivity contribution in [1.82, 2.24) is 0 Å². The average Bonchev–Trinajstić information content (AvgIpc) is 2.36. The van der Waals surface area contributed by atoms with Gasteiger partial charge in [0.05, 0.1) is 20.8 Å². The summed E-state index contributed by atoms with van der Waals surface area (Å²) in [5.41, 5.74) is 5.54. The van der Waals surface area contributed by atoms with Gasteiger partial charge in [-0.05, 0) is 25.0 Å². The van der Waals surface area contributed by atoms with E-state index >= 15 is 0 Å². The molecule has 1 saturated heterocycles. The SMILES string of the molecule is NC1(C(=O)Nc2cc(Cl)c(Cl)cc2Cl)CCOCC1. The highest BCUT2D eigenvalue weighted by molar-refractivity contribution is 6.44. The van der Waals surface area contributed by atoms with Crippen LogP contribution in [-0.2, 0) is 9.53 Å². The highest BCUT2D eigenvalue weighted by Crippen LogP contribution is 2.33. The van der Waals surface area contributed by atoms with Crippen LogP contribution in [0.3, 0.4) is 0 Å². The van der Waals surface area contributed by atoms with Crippen LogP contribution < -0.4 is 11.1 Å². The molecule has 0 radical (unpaired) electrons. The van der Waals surface area contributed by atoms with E-state index in [0.717, 1.165) is 0 Å². The molecule has 0 spiro atoms. The fourth-order valence-corrected chi connectivity index (χ4v) is 2.42. The van der Waals surface area contributed by atoms with Crippen LogP contribution in [0.2, 0.25) is 15.1 Å². The molecule has 19 heavy (non-hydrogen) atoms. The minimum absolute atomic E-state index is 0.295. The fraction of sp³-hybridized carbons (Fsp3) is 0.417. The first-order valence-corrected chi connectivity index (χ1v) is 6.88. The van der Waals surface area contributed by atoms with E-state index in [0.29, 0.717) is 46.8 Å². The Morgan fingerprint density at radius 1 is 1.16 bits per heavy atom. The van der Waals surface area contributed by atoms with Crippen molar-refractivity contribution < 1.29 is 9.53 Å². The van der Waals surface area contributed by atoms with Gasteiger partial charge in [0.25, 0.3) is 0 Å². The Hall–Kier alpha value is -0.520. The van der Waals surface area contributed by atoms with Crippen molar-refractivity contribution in [2.75, 3.05) is 18.5 Å². The molecule has 0 unspecified atom stereocenters. The monoisotopic (exact) mass is 322 g/mol. The molecule has 0 atom stereocenters. The van der Waals surface area contributed by atoms with Crippen molar-refractivity contribution in [3.05, 3.63) is 27.2 Å². The van der Waals surface area contributed by atoms with Gasteiger partial charge in [-0.25, -0.2) is 0 Å². The van der Waals surface area contributed by atoms with Gasteiger partial charge >= 0.3 is 0 Å². The topological polar surface area (TPSA) is 64.4 Å². The number of carbonyl (C=O) groups excluding carboxylic acids is 1. The zero-order valence-corrected chi connectivity index (χ0v) is 12.3. The standard InChI is InChI=1S/C12H13Cl3N2O2/c13-7-5-9(15)10(6-8(7)14)17-11(18)12(16)1-3-19-4-2-12/h5-6H,1-4,16H2,(H,17,18). The fourth-order valence-electron chi connectivity index (χ4n) is 1.83. The predicted octanol–water partition coefficient (Wildman–Crippen LogP) is 3.09. The number of nitrogens with one attached hydrogen (secondary N) is 1. The van der Waals surface area contributed by atoms with Crippen LogP contribution in [-0.4, -0.2) is 24.7 Å². The Morgan fingerprint density at radius 2 is 1.74 bits per heavy atom. The van der Waals surface area contributed by atoms with Gasteiger partial charge in [0, 0.05) is 13.2 Å². The summed E-state index contributed by atoms with van der Waals surface area (Å²) >= 11 is 17.7. The second kappa shape index (κ2) is 5.85. The Bertz CT molecular complexity index is 502. The number of rotatable bonds is 2. The summed E-state index contributed by atoms with van der Waals surface area (Å²) in [6.45, 7) is 0.943. The van der Waals surface area contributed by atoms with E-state index in [-0.39, 0.29) is 5.91 Å². The van der Waals surface area contributed by atoms with Gasteiger partial charge < -0.3 is 15.8 Å². The maximum atomic E-state index is 12.2. The molecule has 1 heterocycles. The molecule has 0 aliphatic carbocycles. The van der Waals surface area contributed by atoms with Gasteiger partial charge in [0.15, 0.2) is 0 Å². The first-order valence-electron chi connectivity index (χ1n) is 5.75. The first kappa shape index (κ1) is 14.9. The van der Waals surface area contributed by atoms with Crippen molar-refractivity contribution in [2.45, 2.75) is 18.4 Å². The number of amides is 1. The van der Waals surface area contributed by atoms with Crippen LogP contribution in [0.5, 0.6) is 0 Å². The van der Waals surface area contributed by atoms with E-state index in [4.69, 9.17) is 45.3 Å². The third kappa shape index (κ3) is 3.33. The number of benzene rings is 1. The average molecular weight is 324 g/mol. The lowest BCUT2D eigenvalue weighted by Crippen LogP contribution is -2.54. The lowest BCUT2D eigenvalue weighted by molar-refractivity contribution is -0.124. The van der Waals surface area contributed by atoms with E-state index in [1.807, 2.05) is 0 Å². The molecule has 4 nitrogen and oxygen atoms in total. The Balaban J connectivity index is 2.16. The highest BCUT2D eigenvalue weighted by Gasteiger charge is 2.36. The lowest BCUT2D eigenvalue weighted by atomic mass is 9.90. The Kier molecular flexibility index (Phi) is 4.58. The zero-order valence-electron chi connectivity index (χ0n) is 10.0. The van der Waals surface area contributed by atoms with E-state index in [2.05, 4.69) is 5.32 Å². The molecule has 0 saturated carbocycles. The predicted molar refractivity (Wildman–Crippen MR) is 77.1 cm³/mol. The maximum absolute atomic E-state index is 12.2. The van der Waals surface area contributed by atoms with Gasteiger partial charge in [-0.2, -0.15) is 0 Å². The number of carbonyl (C=O) groups is 1. The van der Waals surface area contributed by atoms with Crippen LogP contribution >= 0.6 is 34.8 Å². The molecular formula is C12H13Cl3N2O2. The minimum Gasteiger partial charge on any atom is -0.381 e. The molecule has 104 valence electrons. The number of nitrogens with two attached hydrogens (primary N) is 1. The lowest BCUT2D eigenvalue weighted by Gasteiger charge is -2.31. The van der Waals surface area contributed by atoms with Crippen molar-refractivity contribution >= 4 is 46.4 Å². The third-order valence-corrected chi connectivity index (χ3v) is 4.13. The molecule has 0 bridgehead atoms. The summed E-state index contributed by atoms with van der Waals surface area (Å²) in [7, 11) is 0. The molecule has 3 N–H and O–H groups in total. The van der Waals surface area contributed by atoms with Crippen LogP contribution in [0.25, 0.3) is 0 Å². The molecule has 1 amide bonds. The summed E-state index contributed by atoms with van der Waals surface area (Å²) in [5, 5.41) is 3.66. The minimum atomic E-state index is -0.937. The summed E-state index contributed by atoms with van der Waals surface area (Å²) in [6, 6.07) is 2.99. The van der Waals surface area contributed by atoms with E-state index in [1.165, 1.54) is 12.1 Å². The van der Waals surface area contributed by atoms with Crippen LogP contribution in [0, 0.1) is 0 Å². The summed E-state index contributed by atoms with van der Waals surface area (Å²) < 4.78 is 5.20. The van der Waals surface area contributed by atoms with Crippen molar-refractivity contribution in [2.24, 2.45) is 5.73 Å². The highest BCUT2D eigenvalue weighted by atomic mass is 35.5. The summed E-state index contributed by atoms with van der Waals surface area (Å²) in [6.07, 6.45) is 0.940.